The summed E-state index contributed by atoms with van der Waals surface area (Å²) < 4.78 is 0. The normalized spacial score (nSPS) is 11.5. The van der Waals surface area contributed by atoms with Gasteiger partial charge in [-0.05, 0) is 43.7 Å². The van der Waals surface area contributed by atoms with Crippen LogP contribution in [0.15, 0.2) is 48.7 Å². The third-order valence-corrected chi connectivity index (χ3v) is 2.94. The first-order valence-corrected chi connectivity index (χ1v) is 6.65. The lowest BCUT2D eigenvalue weighted by atomic mass is 10.2. The molecule has 5 nitrogen and oxygen atoms in total. The number of rotatable bonds is 4. The number of nitrogens with zero attached hydrogens (tertiary/aromatic N) is 1. The van der Waals surface area contributed by atoms with Gasteiger partial charge in [-0.1, -0.05) is 18.2 Å². The van der Waals surface area contributed by atoms with E-state index in [4.69, 9.17) is 0 Å². The van der Waals surface area contributed by atoms with Crippen LogP contribution in [0.5, 0.6) is 0 Å². The molecule has 1 heterocycles. The highest BCUT2D eigenvalue weighted by Crippen LogP contribution is 2.06. The summed E-state index contributed by atoms with van der Waals surface area (Å²) in [5, 5.41) is 5.33. The van der Waals surface area contributed by atoms with Gasteiger partial charge in [0.25, 0.3) is 5.91 Å². The first-order chi connectivity index (χ1) is 10.1. The molecule has 1 aromatic heterocycles. The molecule has 0 aliphatic carbocycles. The van der Waals surface area contributed by atoms with E-state index < -0.39 is 6.04 Å². The van der Waals surface area contributed by atoms with Crippen LogP contribution in [0.3, 0.4) is 0 Å². The molecule has 0 spiro atoms. The zero-order chi connectivity index (χ0) is 15.2. The van der Waals surface area contributed by atoms with E-state index in [-0.39, 0.29) is 11.8 Å². The summed E-state index contributed by atoms with van der Waals surface area (Å²) >= 11 is 0. The molecule has 0 aliphatic rings. The van der Waals surface area contributed by atoms with Crippen molar-refractivity contribution in [1.82, 2.24) is 10.3 Å². The minimum atomic E-state index is -0.653. The minimum absolute atomic E-state index is 0.282. The molecule has 0 aliphatic heterocycles. The van der Waals surface area contributed by atoms with E-state index in [2.05, 4.69) is 15.6 Å². The Labute approximate surface area is 123 Å². The van der Waals surface area contributed by atoms with Gasteiger partial charge in [-0.3, -0.25) is 9.59 Å². The maximum absolute atomic E-state index is 12.0. The molecule has 2 aromatic rings. The Balaban J connectivity index is 1.95. The van der Waals surface area contributed by atoms with E-state index in [9.17, 15) is 9.59 Å². The van der Waals surface area contributed by atoms with Gasteiger partial charge in [0, 0.05) is 11.8 Å². The van der Waals surface area contributed by atoms with E-state index in [1.165, 1.54) is 0 Å². The van der Waals surface area contributed by atoms with Crippen LogP contribution in [-0.2, 0) is 4.79 Å². The molecule has 2 N–H and O–H groups in total. The van der Waals surface area contributed by atoms with Gasteiger partial charge in [-0.15, -0.1) is 0 Å². The topological polar surface area (TPSA) is 71.1 Å². The summed E-state index contributed by atoms with van der Waals surface area (Å²) in [6.07, 6.45) is 1.62. The molecule has 0 unspecified atom stereocenters. The molecule has 5 heteroatoms. The smallest absolute Gasteiger partial charge is 0.251 e. The third-order valence-electron chi connectivity index (χ3n) is 2.94. The predicted molar refractivity (Wildman–Crippen MR) is 81.0 cm³/mol. The molecule has 0 radical (unpaired) electrons. The van der Waals surface area contributed by atoms with Gasteiger partial charge < -0.3 is 10.6 Å². The predicted octanol–water partition coefficient (Wildman–Crippen LogP) is 2.15. The van der Waals surface area contributed by atoms with Crippen LogP contribution in [0.25, 0.3) is 0 Å². The number of carbonyl (C=O) groups is 2. The van der Waals surface area contributed by atoms with Crippen LogP contribution in [0.1, 0.15) is 22.8 Å². The Morgan fingerprint density at radius 1 is 1.14 bits per heavy atom. The number of pyridine rings is 1. The highest BCUT2D eigenvalue weighted by molar-refractivity contribution is 6.00. The van der Waals surface area contributed by atoms with Crippen molar-refractivity contribution < 1.29 is 9.59 Å². The standard InChI is InChI=1S/C16H17N3O2/c1-11-8-9-17-14(10-11)19-15(20)12(2)18-16(21)13-6-4-3-5-7-13/h3-10,12H,1-2H3,(H,18,21)(H,17,19,20)/t12-/m1/s1. The molecule has 1 aromatic carbocycles. The summed E-state index contributed by atoms with van der Waals surface area (Å²) in [6.45, 7) is 3.55. The third kappa shape index (κ3) is 4.14. The fourth-order valence-corrected chi connectivity index (χ4v) is 1.77. The van der Waals surface area contributed by atoms with Crippen molar-refractivity contribution in [2.24, 2.45) is 0 Å². The maximum atomic E-state index is 12.0. The Bertz CT molecular complexity index is 641. The van der Waals surface area contributed by atoms with E-state index in [0.717, 1.165) is 5.56 Å². The summed E-state index contributed by atoms with van der Waals surface area (Å²) in [6, 6.07) is 11.7. The Hall–Kier alpha value is -2.69. The van der Waals surface area contributed by atoms with Crippen molar-refractivity contribution in [2.45, 2.75) is 19.9 Å². The number of benzene rings is 1. The molecule has 2 rings (SSSR count). The number of amides is 2. The Morgan fingerprint density at radius 3 is 2.52 bits per heavy atom. The lowest BCUT2D eigenvalue weighted by Crippen LogP contribution is -2.41. The zero-order valence-corrected chi connectivity index (χ0v) is 12.0. The Morgan fingerprint density at radius 2 is 1.86 bits per heavy atom. The average molecular weight is 283 g/mol. The Kier molecular flexibility index (Phi) is 4.66. The minimum Gasteiger partial charge on any atom is -0.341 e. The molecule has 21 heavy (non-hydrogen) atoms. The van der Waals surface area contributed by atoms with E-state index >= 15 is 0 Å². The van der Waals surface area contributed by atoms with E-state index in [0.29, 0.717) is 11.4 Å². The number of hydrogen-bond donors (Lipinski definition) is 2. The van der Waals surface area contributed by atoms with Gasteiger partial charge in [-0.25, -0.2) is 4.98 Å². The highest BCUT2D eigenvalue weighted by Gasteiger charge is 2.16. The van der Waals surface area contributed by atoms with Crippen molar-refractivity contribution in [1.29, 1.82) is 0 Å². The number of aryl methyl sites for hydroxylation is 1. The van der Waals surface area contributed by atoms with Crippen molar-refractivity contribution in [3.05, 3.63) is 59.8 Å². The second kappa shape index (κ2) is 6.65. The van der Waals surface area contributed by atoms with E-state index in [1.807, 2.05) is 19.1 Å². The summed E-state index contributed by atoms with van der Waals surface area (Å²) in [5.41, 5.74) is 1.52. The zero-order valence-electron chi connectivity index (χ0n) is 12.0. The maximum Gasteiger partial charge on any atom is 0.251 e. The lowest BCUT2D eigenvalue weighted by molar-refractivity contribution is -0.117. The SMILES string of the molecule is Cc1ccnc(NC(=O)[C@@H](C)NC(=O)c2ccccc2)c1. The van der Waals surface area contributed by atoms with Crippen molar-refractivity contribution in [3.8, 4) is 0 Å². The molecule has 0 saturated heterocycles. The lowest BCUT2D eigenvalue weighted by Gasteiger charge is -2.14. The highest BCUT2D eigenvalue weighted by atomic mass is 16.2. The molecule has 108 valence electrons. The van der Waals surface area contributed by atoms with Crippen molar-refractivity contribution in [2.75, 3.05) is 5.32 Å². The largest absolute Gasteiger partial charge is 0.341 e. The number of carbonyl (C=O) groups excluding carboxylic acids is 2. The van der Waals surface area contributed by atoms with Crippen LogP contribution >= 0.6 is 0 Å². The molecular weight excluding hydrogens is 266 g/mol. The van der Waals surface area contributed by atoms with Gasteiger partial charge in [0.1, 0.15) is 11.9 Å². The average Bonchev–Trinajstić information content (AvgIpc) is 2.48. The monoisotopic (exact) mass is 283 g/mol. The van der Waals surface area contributed by atoms with Crippen LogP contribution in [0.4, 0.5) is 5.82 Å². The van der Waals surface area contributed by atoms with Crippen LogP contribution in [0, 0.1) is 6.92 Å². The number of hydrogen-bond acceptors (Lipinski definition) is 3. The van der Waals surface area contributed by atoms with E-state index in [1.54, 1.807) is 43.5 Å². The van der Waals surface area contributed by atoms with Crippen LogP contribution < -0.4 is 10.6 Å². The van der Waals surface area contributed by atoms with Crippen molar-refractivity contribution in [3.63, 3.8) is 0 Å². The molecule has 0 fully saturated rings. The van der Waals surface area contributed by atoms with Crippen LogP contribution in [-0.4, -0.2) is 22.8 Å². The van der Waals surface area contributed by atoms with Gasteiger partial charge >= 0.3 is 0 Å². The van der Waals surface area contributed by atoms with Gasteiger partial charge in [0.2, 0.25) is 5.91 Å². The fraction of sp³-hybridized carbons (Fsp3) is 0.188. The van der Waals surface area contributed by atoms with Crippen molar-refractivity contribution >= 4 is 17.6 Å². The van der Waals surface area contributed by atoms with Crippen LogP contribution in [0.2, 0.25) is 0 Å². The summed E-state index contributed by atoms with van der Waals surface area (Å²) in [4.78, 5) is 28.0. The number of aromatic nitrogens is 1. The molecule has 2 amide bonds. The van der Waals surface area contributed by atoms with Gasteiger partial charge in [-0.2, -0.15) is 0 Å². The number of nitrogens with one attached hydrogen (secondary N) is 2. The van der Waals surface area contributed by atoms with Gasteiger partial charge in [0.15, 0.2) is 0 Å². The molecular formula is C16H17N3O2. The first kappa shape index (κ1) is 14.7. The number of anilines is 1. The summed E-state index contributed by atoms with van der Waals surface area (Å²) in [7, 11) is 0. The first-order valence-electron chi connectivity index (χ1n) is 6.65. The second-order valence-corrected chi connectivity index (χ2v) is 4.77. The molecule has 0 saturated carbocycles. The fourth-order valence-electron chi connectivity index (χ4n) is 1.77. The van der Waals surface area contributed by atoms with Gasteiger partial charge in [0.05, 0.1) is 0 Å². The summed E-state index contributed by atoms with van der Waals surface area (Å²) in [5.74, 6) is -0.117. The quantitative estimate of drug-likeness (QED) is 0.903. The second-order valence-electron chi connectivity index (χ2n) is 4.77. The molecule has 0 bridgehead atoms. The molecule has 1 atom stereocenters.